The number of nitrogens with zero attached hydrogens (tertiary/aromatic N) is 4. The first-order valence-electron chi connectivity index (χ1n) is 19.0. The van der Waals surface area contributed by atoms with Crippen molar-refractivity contribution in [3.63, 3.8) is 0 Å². The van der Waals surface area contributed by atoms with E-state index in [1.807, 2.05) is 48.8 Å². The predicted molar refractivity (Wildman–Crippen MR) is 236 cm³/mol. The Bertz CT molecular complexity index is 3200. The van der Waals surface area contributed by atoms with Crippen molar-refractivity contribution in [1.82, 2.24) is 14.5 Å². The summed E-state index contributed by atoms with van der Waals surface area (Å²) in [5.41, 5.74) is 9.40. The number of rotatable bonds is 7. The van der Waals surface area contributed by atoms with E-state index in [4.69, 9.17) is 9.97 Å². The summed E-state index contributed by atoms with van der Waals surface area (Å²) < 4.78 is 2.42. The van der Waals surface area contributed by atoms with E-state index in [9.17, 15) is 0 Å². The molecule has 11 aromatic rings. The normalized spacial score (nSPS) is 11.9. The van der Waals surface area contributed by atoms with Crippen LogP contribution in [0.15, 0.2) is 194 Å². The highest BCUT2D eigenvalue weighted by atomic mass is 15.2. The fraction of sp³-hybridized carbons (Fsp3) is 0. The van der Waals surface area contributed by atoms with E-state index >= 15 is 0 Å². The van der Waals surface area contributed by atoms with E-state index in [0.29, 0.717) is 0 Å². The molecule has 0 amide bonds. The lowest BCUT2D eigenvalue weighted by Crippen LogP contribution is -2.13. The van der Waals surface area contributed by atoms with E-state index in [-0.39, 0.29) is 0 Å². The molecule has 0 aliphatic heterocycles. The zero-order valence-corrected chi connectivity index (χ0v) is 30.4. The Hall–Kier alpha value is -7.56. The van der Waals surface area contributed by atoms with Crippen LogP contribution in [0.3, 0.4) is 0 Å². The molecule has 0 fully saturated rings. The third-order valence-electron chi connectivity index (χ3n) is 11.0. The van der Waals surface area contributed by atoms with Crippen LogP contribution in [0.4, 0.5) is 17.3 Å². The first kappa shape index (κ1) is 31.9. The van der Waals surface area contributed by atoms with E-state index in [2.05, 4.69) is 167 Å². The smallest absolute Gasteiger partial charge is 0.138 e. The van der Waals surface area contributed by atoms with Crippen molar-refractivity contribution in [2.24, 2.45) is 0 Å². The molecule has 3 heterocycles. The molecule has 0 aliphatic rings. The van der Waals surface area contributed by atoms with Crippen LogP contribution in [0.2, 0.25) is 0 Å². The fourth-order valence-corrected chi connectivity index (χ4v) is 8.43. The molecular weight excluding hydrogens is 681 g/mol. The summed E-state index contributed by atoms with van der Waals surface area (Å²) >= 11 is 0. The molecule has 0 spiro atoms. The SMILES string of the molecule is C(=C\c1ccc(N(c2ccccn2)c2ccccn2)c2ccccc12)/c1ccc2cc(-c3cc4ccc5cccc6c5c4c(c3)n6-c3ccccc3)ccc2c1. The number of pyridine rings is 2. The van der Waals surface area contributed by atoms with Gasteiger partial charge in [-0.1, -0.05) is 121 Å². The molecular formula is C52H34N4. The Morgan fingerprint density at radius 2 is 1.11 bits per heavy atom. The molecule has 4 nitrogen and oxygen atoms in total. The van der Waals surface area contributed by atoms with Gasteiger partial charge in [-0.15, -0.1) is 0 Å². The van der Waals surface area contributed by atoms with Crippen LogP contribution >= 0.6 is 0 Å². The molecule has 11 rings (SSSR count). The number of para-hydroxylation sites is 1. The summed E-state index contributed by atoms with van der Waals surface area (Å²) in [4.78, 5) is 11.5. The monoisotopic (exact) mass is 714 g/mol. The van der Waals surface area contributed by atoms with Crippen LogP contribution in [0, 0.1) is 0 Å². The molecule has 4 heteroatoms. The van der Waals surface area contributed by atoms with Gasteiger partial charge in [-0.2, -0.15) is 0 Å². The lowest BCUT2D eigenvalue weighted by atomic mass is 9.95. The summed E-state index contributed by atoms with van der Waals surface area (Å²) in [5, 5.41) is 9.91. The highest BCUT2D eigenvalue weighted by Gasteiger charge is 2.19. The molecule has 0 unspecified atom stereocenters. The molecule has 8 aromatic carbocycles. The van der Waals surface area contributed by atoms with Gasteiger partial charge in [-0.05, 0) is 122 Å². The minimum atomic E-state index is 0.819. The second-order valence-electron chi connectivity index (χ2n) is 14.3. The van der Waals surface area contributed by atoms with Gasteiger partial charge in [0.05, 0.1) is 16.7 Å². The minimum absolute atomic E-state index is 0.819. The first-order chi connectivity index (χ1) is 27.8. The molecule has 0 atom stereocenters. The van der Waals surface area contributed by atoms with Crippen molar-refractivity contribution in [1.29, 1.82) is 0 Å². The maximum atomic E-state index is 4.70. The summed E-state index contributed by atoms with van der Waals surface area (Å²) in [6.45, 7) is 0. The minimum Gasteiger partial charge on any atom is -0.309 e. The van der Waals surface area contributed by atoms with Crippen molar-refractivity contribution in [3.05, 3.63) is 206 Å². The first-order valence-corrected chi connectivity index (χ1v) is 19.0. The van der Waals surface area contributed by atoms with Gasteiger partial charge in [0.15, 0.2) is 0 Å². The molecule has 262 valence electrons. The van der Waals surface area contributed by atoms with Gasteiger partial charge in [-0.3, -0.25) is 4.90 Å². The Morgan fingerprint density at radius 3 is 1.91 bits per heavy atom. The predicted octanol–water partition coefficient (Wildman–Crippen LogP) is 13.8. The van der Waals surface area contributed by atoms with Crippen LogP contribution in [0.25, 0.3) is 83.1 Å². The van der Waals surface area contributed by atoms with Crippen LogP contribution in [0.1, 0.15) is 11.1 Å². The Balaban J connectivity index is 0.952. The molecule has 0 saturated carbocycles. The van der Waals surface area contributed by atoms with Gasteiger partial charge in [0.25, 0.3) is 0 Å². The van der Waals surface area contributed by atoms with Crippen molar-refractivity contribution < 1.29 is 0 Å². The highest BCUT2D eigenvalue weighted by Crippen LogP contribution is 2.42. The second-order valence-corrected chi connectivity index (χ2v) is 14.3. The van der Waals surface area contributed by atoms with Crippen molar-refractivity contribution >= 4 is 83.6 Å². The van der Waals surface area contributed by atoms with Crippen molar-refractivity contribution in [2.45, 2.75) is 0 Å². The Kier molecular flexibility index (Phi) is 7.46. The number of aromatic nitrogens is 3. The molecule has 0 saturated heterocycles. The third-order valence-corrected chi connectivity index (χ3v) is 11.0. The summed E-state index contributed by atoms with van der Waals surface area (Å²) in [5.74, 6) is 1.64. The maximum absolute atomic E-state index is 4.70. The molecule has 0 radical (unpaired) electrons. The standard InChI is InChI=1S/C52H34N4/c1-2-12-43(13-3-1)55-47-16-10-11-37-23-26-41-33-42(34-48(55)52(41)51(37)47)40-25-24-38-31-35(20-22-39(38)32-40)19-21-36-27-28-46(45-15-5-4-14-44(36)45)56(49-17-6-8-29-53-49)50-18-7-9-30-54-50/h1-34H/b21-19+. The molecule has 56 heavy (non-hydrogen) atoms. The Morgan fingerprint density at radius 1 is 0.429 bits per heavy atom. The number of anilines is 3. The van der Waals surface area contributed by atoms with E-state index < -0.39 is 0 Å². The zero-order valence-electron chi connectivity index (χ0n) is 30.4. The molecule has 0 aliphatic carbocycles. The average molecular weight is 715 g/mol. The highest BCUT2D eigenvalue weighted by molar-refractivity contribution is 6.25. The lowest BCUT2D eigenvalue weighted by molar-refractivity contribution is 1.13. The lowest BCUT2D eigenvalue weighted by Gasteiger charge is -2.25. The van der Waals surface area contributed by atoms with Gasteiger partial charge in [-0.25, -0.2) is 9.97 Å². The molecule has 3 aromatic heterocycles. The summed E-state index contributed by atoms with van der Waals surface area (Å²) in [6.07, 6.45) is 8.08. The van der Waals surface area contributed by atoms with Crippen LogP contribution in [0.5, 0.6) is 0 Å². The largest absolute Gasteiger partial charge is 0.309 e. The number of hydrogen-bond acceptors (Lipinski definition) is 3. The number of fused-ring (bicyclic) bond motifs is 2. The van der Waals surface area contributed by atoms with Gasteiger partial charge >= 0.3 is 0 Å². The molecule has 0 bridgehead atoms. The van der Waals surface area contributed by atoms with E-state index in [1.54, 1.807) is 0 Å². The third kappa shape index (κ3) is 5.31. The van der Waals surface area contributed by atoms with Gasteiger partial charge < -0.3 is 4.57 Å². The fourth-order valence-electron chi connectivity index (χ4n) is 8.43. The van der Waals surface area contributed by atoms with Crippen molar-refractivity contribution in [3.8, 4) is 16.8 Å². The quantitative estimate of drug-likeness (QED) is 0.122. The second kappa shape index (κ2) is 13.1. The van der Waals surface area contributed by atoms with Crippen molar-refractivity contribution in [2.75, 3.05) is 4.90 Å². The van der Waals surface area contributed by atoms with Gasteiger partial charge in [0.2, 0.25) is 0 Å². The maximum Gasteiger partial charge on any atom is 0.138 e. The number of benzene rings is 8. The topological polar surface area (TPSA) is 34.0 Å². The van der Waals surface area contributed by atoms with Gasteiger partial charge in [0.1, 0.15) is 11.6 Å². The number of hydrogen-bond donors (Lipinski definition) is 0. The van der Waals surface area contributed by atoms with E-state index in [0.717, 1.165) is 39.2 Å². The van der Waals surface area contributed by atoms with Gasteiger partial charge in [0, 0.05) is 34.2 Å². The van der Waals surface area contributed by atoms with Crippen LogP contribution < -0.4 is 4.90 Å². The summed E-state index contributed by atoms with van der Waals surface area (Å²) in [6, 6.07) is 65.0. The Labute approximate surface area is 324 Å². The summed E-state index contributed by atoms with van der Waals surface area (Å²) in [7, 11) is 0. The van der Waals surface area contributed by atoms with Crippen LogP contribution in [-0.2, 0) is 0 Å². The van der Waals surface area contributed by atoms with E-state index in [1.165, 1.54) is 60.2 Å². The zero-order chi connectivity index (χ0) is 37.0. The molecule has 0 N–H and O–H groups in total. The average Bonchev–Trinajstić information content (AvgIpc) is 3.61. The van der Waals surface area contributed by atoms with Crippen LogP contribution in [-0.4, -0.2) is 14.5 Å².